The van der Waals surface area contributed by atoms with Crippen LogP contribution in [0.3, 0.4) is 0 Å². The van der Waals surface area contributed by atoms with Crippen LogP contribution in [0, 0.1) is 11.3 Å². The molecule has 2 aliphatic heterocycles. The zero-order valence-electron chi connectivity index (χ0n) is 19.9. The van der Waals surface area contributed by atoms with E-state index >= 15 is 0 Å². The average Bonchev–Trinajstić information content (AvgIpc) is 3.39. The predicted octanol–water partition coefficient (Wildman–Crippen LogP) is 4.17. The highest BCUT2D eigenvalue weighted by molar-refractivity contribution is 6.01. The number of fused-ring (bicyclic) bond motifs is 1. The van der Waals surface area contributed by atoms with Crippen LogP contribution in [-0.4, -0.2) is 39.5 Å². The van der Waals surface area contributed by atoms with E-state index in [1.807, 2.05) is 42.4 Å². The standard InChI is InChI=1S/C26H32N4O3/c1-5-21(19-10-8-18(14-27)9-11-19)28-24(31)20-13-22(25(32)29-12-6-7-17(29)2)30-16-26(3,4)33-15-23(20)30/h8-11,13,17,21H,5-7,12,15-16H2,1-4H3,(H,28,31)/t17-,21+/m0/s1. The van der Waals surface area contributed by atoms with E-state index in [0.29, 0.717) is 29.8 Å². The molecule has 4 rings (SSSR count). The largest absolute Gasteiger partial charge is 0.367 e. The number of aromatic nitrogens is 1. The van der Waals surface area contributed by atoms with Crippen molar-refractivity contribution in [3.05, 3.63) is 58.4 Å². The van der Waals surface area contributed by atoms with E-state index in [0.717, 1.165) is 30.6 Å². The van der Waals surface area contributed by atoms with Crippen molar-refractivity contribution in [2.24, 2.45) is 0 Å². The first-order valence-corrected chi connectivity index (χ1v) is 11.7. The molecule has 0 aliphatic carbocycles. The van der Waals surface area contributed by atoms with Gasteiger partial charge in [0.2, 0.25) is 0 Å². The van der Waals surface area contributed by atoms with Crippen molar-refractivity contribution in [1.29, 1.82) is 5.26 Å². The molecule has 1 N–H and O–H groups in total. The van der Waals surface area contributed by atoms with Crippen molar-refractivity contribution in [2.75, 3.05) is 6.54 Å². The van der Waals surface area contributed by atoms with Crippen LogP contribution < -0.4 is 5.32 Å². The van der Waals surface area contributed by atoms with Crippen LogP contribution >= 0.6 is 0 Å². The van der Waals surface area contributed by atoms with Gasteiger partial charge >= 0.3 is 0 Å². The van der Waals surface area contributed by atoms with Crippen LogP contribution in [0.1, 0.15) is 90.7 Å². The lowest BCUT2D eigenvalue weighted by Gasteiger charge is -2.34. The molecule has 2 amide bonds. The molecule has 0 saturated carbocycles. The molecular formula is C26H32N4O3. The van der Waals surface area contributed by atoms with Gasteiger partial charge in [-0.25, -0.2) is 0 Å². The number of hydrogen-bond acceptors (Lipinski definition) is 4. The van der Waals surface area contributed by atoms with Gasteiger partial charge in [-0.1, -0.05) is 19.1 Å². The summed E-state index contributed by atoms with van der Waals surface area (Å²) in [7, 11) is 0. The molecule has 1 aromatic heterocycles. The Bertz CT molecular complexity index is 1090. The number of hydrogen-bond donors (Lipinski definition) is 1. The Kier molecular flexibility index (Phi) is 6.31. The van der Waals surface area contributed by atoms with Gasteiger partial charge in [-0.05, 0) is 63.8 Å². The summed E-state index contributed by atoms with van der Waals surface area (Å²) in [5.74, 6) is -0.232. The van der Waals surface area contributed by atoms with Crippen LogP contribution in [0.15, 0.2) is 30.3 Å². The first kappa shape index (κ1) is 23.1. The number of nitriles is 1. The summed E-state index contributed by atoms with van der Waals surface area (Å²) >= 11 is 0. The Morgan fingerprint density at radius 3 is 2.64 bits per heavy atom. The van der Waals surface area contributed by atoms with Gasteiger partial charge in [0, 0.05) is 12.6 Å². The Morgan fingerprint density at radius 1 is 1.30 bits per heavy atom. The van der Waals surface area contributed by atoms with Crippen molar-refractivity contribution in [1.82, 2.24) is 14.8 Å². The fourth-order valence-corrected chi connectivity index (χ4v) is 4.82. The third kappa shape index (κ3) is 4.53. The highest BCUT2D eigenvalue weighted by Crippen LogP contribution is 2.31. The Hall–Kier alpha value is -3.11. The molecule has 1 aromatic carbocycles. The number of amides is 2. The summed E-state index contributed by atoms with van der Waals surface area (Å²) in [5, 5.41) is 12.2. The number of nitrogens with one attached hydrogen (secondary N) is 1. The van der Waals surface area contributed by atoms with Gasteiger partial charge in [-0.3, -0.25) is 9.59 Å². The van der Waals surface area contributed by atoms with Gasteiger partial charge in [-0.2, -0.15) is 5.26 Å². The molecule has 0 bridgehead atoms. The fraction of sp³-hybridized carbons (Fsp3) is 0.500. The van der Waals surface area contributed by atoms with E-state index in [4.69, 9.17) is 10.00 Å². The second-order valence-electron chi connectivity index (χ2n) is 9.68. The zero-order valence-corrected chi connectivity index (χ0v) is 19.9. The van der Waals surface area contributed by atoms with Gasteiger partial charge in [-0.15, -0.1) is 0 Å². The highest BCUT2D eigenvalue weighted by Gasteiger charge is 2.36. The summed E-state index contributed by atoms with van der Waals surface area (Å²) in [6.07, 6.45) is 2.71. The van der Waals surface area contributed by atoms with Gasteiger partial charge in [0.1, 0.15) is 5.69 Å². The second kappa shape index (κ2) is 9.03. The zero-order chi connectivity index (χ0) is 23.8. The lowest BCUT2D eigenvalue weighted by molar-refractivity contribution is -0.0632. The number of carbonyl (C=O) groups is 2. The second-order valence-corrected chi connectivity index (χ2v) is 9.68. The number of rotatable bonds is 5. The molecule has 1 saturated heterocycles. The maximum atomic E-state index is 13.4. The Balaban J connectivity index is 1.65. The molecule has 174 valence electrons. The monoisotopic (exact) mass is 448 g/mol. The van der Waals surface area contributed by atoms with Crippen molar-refractivity contribution in [2.45, 2.75) is 77.8 Å². The van der Waals surface area contributed by atoms with E-state index in [2.05, 4.69) is 18.3 Å². The maximum Gasteiger partial charge on any atom is 0.270 e. The molecule has 33 heavy (non-hydrogen) atoms. The number of benzene rings is 1. The van der Waals surface area contributed by atoms with Gasteiger partial charge in [0.25, 0.3) is 11.8 Å². The third-order valence-electron chi connectivity index (χ3n) is 6.78. The lowest BCUT2D eigenvalue weighted by atomic mass is 10.0. The minimum absolute atomic E-state index is 0.0165. The van der Waals surface area contributed by atoms with Crippen LogP contribution in [0.25, 0.3) is 0 Å². The van der Waals surface area contributed by atoms with Crippen molar-refractivity contribution in [3.8, 4) is 6.07 Å². The summed E-state index contributed by atoms with van der Waals surface area (Å²) < 4.78 is 7.99. The van der Waals surface area contributed by atoms with Gasteiger partial charge in [0.15, 0.2) is 0 Å². The number of ether oxygens (including phenoxy) is 1. The van der Waals surface area contributed by atoms with Crippen LogP contribution in [-0.2, 0) is 17.9 Å². The number of carbonyl (C=O) groups excluding carboxylic acids is 2. The van der Waals surface area contributed by atoms with Crippen LogP contribution in [0.4, 0.5) is 0 Å². The molecule has 2 aliphatic rings. The van der Waals surface area contributed by atoms with Crippen molar-refractivity contribution >= 4 is 11.8 Å². The van der Waals surface area contributed by atoms with Gasteiger partial charge in [0.05, 0.1) is 47.7 Å². The van der Waals surface area contributed by atoms with Gasteiger partial charge < -0.3 is 19.5 Å². The van der Waals surface area contributed by atoms with Crippen molar-refractivity contribution < 1.29 is 14.3 Å². The maximum absolute atomic E-state index is 13.4. The van der Waals surface area contributed by atoms with Crippen LogP contribution in [0.5, 0.6) is 0 Å². The van der Waals surface area contributed by atoms with Crippen LogP contribution in [0.2, 0.25) is 0 Å². The Labute approximate surface area is 195 Å². The topological polar surface area (TPSA) is 87.4 Å². The molecule has 0 unspecified atom stereocenters. The smallest absolute Gasteiger partial charge is 0.270 e. The first-order chi connectivity index (χ1) is 15.7. The summed E-state index contributed by atoms with van der Waals surface area (Å²) in [6, 6.07) is 11.1. The van der Waals surface area contributed by atoms with E-state index in [9.17, 15) is 9.59 Å². The summed E-state index contributed by atoms with van der Waals surface area (Å²) in [4.78, 5) is 28.8. The molecule has 3 heterocycles. The quantitative estimate of drug-likeness (QED) is 0.744. The van der Waals surface area contributed by atoms with E-state index in [1.54, 1.807) is 18.2 Å². The molecule has 7 heteroatoms. The fourth-order valence-electron chi connectivity index (χ4n) is 4.82. The molecule has 0 spiro atoms. The molecule has 2 atom stereocenters. The normalized spacial score (nSPS) is 20.1. The summed E-state index contributed by atoms with van der Waals surface area (Å²) in [5.41, 5.74) is 2.91. The predicted molar refractivity (Wildman–Crippen MR) is 125 cm³/mol. The number of nitrogens with zero attached hydrogens (tertiary/aromatic N) is 3. The molecule has 7 nitrogen and oxygen atoms in total. The Morgan fingerprint density at radius 2 is 2.03 bits per heavy atom. The lowest BCUT2D eigenvalue weighted by Crippen LogP contribution is -2.40. The summed E-state index contributed by atoms with van der Waals surface area (Å²) in [6.45, 7) is 9.64. The van der Waals surface area contributed by atoms with E-state index in [1.165, 1.54) is 0 Å². The molecule has 0 radical (unpaired) electrons. The highest BCUT2D eigenvalue weighted by atomic mass is 16.5. The van der Waals surface area contributed by atoms with E-state index in [-0.39, 0.29) is 30.5 Å². The molecule has 1 fully saturated rings. The van der Waals surface area contributed by atoms with Crippen molar-refractivity contribution in [3.63, 3.8) is 0 Å². The van der Waals surface area contributed by atoms with E-state index < -0.39 is 5.60 Å². The molecular weight excluding hydrogens is 416 g/mol. The SMILES string of the molecule is CC[C@@H](NC(=O)c1cc(C(=O)N2CCC[C@@H]2C)n2c1COC(C)(C)C2)c1ccc(C#N)cc1. The molecule has 2 aromatic rings. The first-order valence-electron chi connectivity index (χ1n) is 11.7. The minimum atomic E-state index is -0.417. The number of likely N-dealkylation sites (tertiary alicyclic amines) is 1. The average molecular weight is 449 g/mol. The third-order valence-corrected chi connectivity index (χ3v) is 6.78. The minimum Gasteiger partial charge on any atom is -0.367 e.